The maximum Gasteiger partial charge on any atom is 0.311 e. The number of hydrogen-bond acceptors (Lipinski definition) is 3. The highest BCUT2D eigenvalue weighted by Crippen LogP contribution is 2.23. The van der Waals surface area contributed by atoms with E-state index in [4.69, 9.17) is 0 Å². The van der Waals surface area contributed by atoms with E-state index in [-0.39, 0.29) is 12.5 Å². The van der Waals surface area contributed by atoms with Crippen LogP contribution in [0.1, 0.15) is 27.6 Å². The van der Waals surface area contributed by atoms with Crippen molar-refractivity contribution < 1.29 is 19.8 Å². The molecule has 23 heavy (non-hydrogen) atoms. The van der Waals surface area contributed by atoms with Crippen LogP contribution in [0.2, 0.25) is 0 Å². The minimum atomic E-state index is -1.19. The lowest BCUT2D eigenvalue weighted by Gasteiger charge is -2.20. The van der Waals surface area contributed by atoms with Crippen molar-refractivity contribution in [1.82, 2.24) is 5.32 Å². The van der Waals surface area contributed by atoms with Crippen molar-refractivity contribution in [3.63, 3.8) is 0 Å². The zero-order chi connectivity index (χ0) is 16.8. The summed E-state index contributed by atoms with van der Waals surface area (Å²) < 4.78 is 0. The quantitative estimate of drug-likeness (QED) is 0.763. The molecular formula is C18H19NO4. The van der Waals surface area contributed by atoms with Crippen molar-refractivity contribution in [2.24, 2.45) is 5.92 Å². The third-order valence-electron chi connectivity index (χ3n) is 3.60. The summed E-state index contributed by atoms with van der Waals surface area (Å²) >= 11 is 0. The Morgan fingerprint density at radius 1 is 1.09 bits per heavy atom. The molecule has 2 aromatic carbocycles. The summed E-state index contributed by atoms with van der Waals surface area (Å²) in [5.74, 6) is -2.65. The molecule has 0 heterocycles. The molecule has 0 unspecified atom stereocenters. The summed E-state index contributed by atoms with van der Waals surface area (Å²) in [6.45, 7) is 1.71. The van der Waals surface area contributed by atoms with E-state index in [2.05, 4.69) is 5.32 Å². The lowest BCUT2D eigenvalue weighted by molar-refractivity contribution is -0.145. The molecule has 2 rings (SSSR count). The number of carboxylic acids is 1. The molecule has 2 aromatic rings. The van der Waals surface area contributed by atoms with Crippen molar-refractivity contribution in [2.75, 3.05) is 6.54 Å². The number of carbonyl (C=O) groups excluding carboxylic acids is 1. The van der Waals surface area contributed by atoms with Gasteiger partial charge in [-0.3, -0.25) is 9.59 Å². The Bertz CT molecular complexity index is 684. The van der Waals surface area contributed by atoms with Gasteiger partial charge in [-0.25, -0.2) is 0 Å². The summed E-state index contributed by atoms with van der Waals surface area (Å²) in [4.78, 5) is 23.4. The molecule has 0 aliphatic heterocycles. The number of nitrogens with one attached hydrogen (secondary N) is 1. The van der Waals surface area contributed by atoms with Crippen molar-refractivity contribution in [1.29, 1.82) is 0 Å². The zero-order valence-corrected chi connectivity index (χ0v) is 12.8. The fourth-order valence-electron chi connectivity index (χ4n) is 2.31. The molecule has 0 fully saturated rings. The van der Waals surface area contributed by atoms with Gasteiger partial charge in [-0.1, -0.05) is 48.0 Å². The molecular weight excluding hydrogens is 294 g/mol. The fraction of sp³-hybridized carbons (Fsp3) is 0.222. The van der Waals surface area contributed by atoms with Gasteiger partial charge < -0.3 is 15.5 Å². The number of benzene rings is 2. The largest absolute Gasteiger partial charge is 0.481 e. The highest BCUT2D eigenvalue weighted by molar-refractivity contribution is 5.94. The maximum atomic E-state index is 12.0. The lowest BCUT2D eigenvalue weighted by Crippen LogP contribution is -2.36. The second kappa shape index (κ2) is 7.56. The molecule has 1 amide bonds. The number of carbonyl (C=O) groups is 2. The van der Waals surface area contributed by atoms with Gasteiger partial charge in [0, 0.05) is 12.1 Å². The Balaban J connectivity index is 2.07. The summed E-state index contributed by atoms with van der Waals surface area (Å²) in [6.07, 6.45) is -1.19. The highest BCUT2D eigenvalue weighted by Gasteiger charge is 2.28. The standard InChI is InChI=1S/C18H19NO4/c1-12-6-5-9-14(10-12)16(20)15(18(22)23)11-19-17(21)13-7-3-2-4-8-13/h2-10,15-16,20H,11H2,1H3,(H,19,21)(H,22,23)/t15-,16-/m1/s1. The number of aryl methyl sites for hydroxylation is 1. The van der Waals surface area contributed by atoms with Gasteiger partial charge in [-0.05, 0) is 24.6 Å². The topological polar surface area (TPSA) is 86.6 Å². The van der Waals surface area contributed by atoms with E-state index in [9.17, 15) is 19.8 Å². The first-order chi connectivity index (χ1) is 11.0. The Kier molecular flexibility index (Phi) is 5.49. The lowest BCUT2D eigenvalue weighted by atomic mass is 9.94. The second-order valence-electron chi connectivity index (χ2n) is 5.38. The Labute approximate surface area is 134 Å². The van der Waals surface area contributed by atoms with E-state index < -0.39 is 18.0 Å². The SMILES string of the molecule is Cc1cccc([C@@H](O)[C@@H](CNC(=O)c2ccccc2)C(=O)O)c1. The third-order valence-corrected chi connectivity index (χ3v) is 3.60. The molecule has 0 radical (unpaired) electrons. The predicted molar refractivity (Wildman–Crippen MR) is 86.0 cm³/mol. The average molecular weight is 313 g/mol. The monoisotopic (exact) mass is 313 g/mol. The molecule has 2 atom stereocenters. The molecule has 5 nitrogen and oxygen atoms in total. The van der Waals surface area contributed by atoms with Crippen LogP contribution in [0.3, 0.4) is 0 Å². The van der Waals surface area contributed by atoms with E-state index >= 15 is 0 Å². The molecule has 0 bridgehead atoms. The molecule has 0 saturated heterocycles. The van der Waals surface area contributed by atoms with Gasteiger partial charge in [0.15, 0.2) is 0 Å². The summed E-state index contributed by atoms with van der Waals surface area (Å²) in [6, 6.07) is 15.6. The zero-order valence-electron chi connectivity index (χ0n) is 12.8. The highest BCUT2D eigenvalue weighted by atomic mass is 16.4. The minimum absolute atomic E-state index is 0.155. The van der Waals surface area contributed by atoms with E-state index in [1.54, 1.807) is 48.5 Å². The number of aliphatic hydroxyl groups is 1. The predicted octanol–water partition coefficient (Wildman–Crippen LogP) is 2.16. The van der Waals surface area contributed by atoms with Crippen molar-refractivity contribution in [2.45, 2.75) is 13.0 Å². The maximum absolute atomic E-state index is 12.0. The number of hydrogen-bond donors (Lipinski definition) is 3. The summed E-state index contributed by atoms with van der Waals surface area (Å²) in [5, 5.41) is 22.2. The van der Waals surface area contributed by atoms with Gasteiger partial charge in [-0.2, -0.15) is 0 Å². The third kappa shape index (κ3) is 4.40. The van der Waals surface area contributed by atoms with Gasteiger partial charge in [0.05, 0.1) is 6.10 Å². The Morgan fingerprint density at radius 3 is 2.39 bits per heavy atom. The van der Waals surface area contributed by atoms with E-state index in [0.717, 1.165) is 5.56 Å². The van der Waals surface area contributed by atoms with Crippen LogP contribution in [-0.2, 0) is 4.79 Å². The van der Waals surface area contributed by atoms with Crippen LogP contribution in [-0.4, -0.2) is 28.6 Å². The number of amides is 1. The van der Waals surface area contributed by atoms with Crippen LogP contribution in [0.4, 0.5) is 0 Å². The first-order valence-electron chi connectivity index (χ1n) is 7.29. The van der Waals surface area contributed by atoms with Gasteiger partial charge in [0.25, 0.3) is 5.91 Å². The van der Waals surface area contributed by atoms with E-state index in [0.29, 0.717) is 11.1 Å². The normalized spacial score (nSPS) is 13.1. The van der Waals surface area contributed by atoms with Crippen molar-refractivity contribution >= 4 is 11.9 Å². The van der Waals surface area contributed by atoms with Gasteiger partial charge in [-0.15, -0.1) is 0 Å². The Hall–Kier alpha value is -2.66. The summed E-state index contributed by atoms with van der Waals surface area (Å²) in [5.41, 5.74) is 1.90. The molecule has 0 aromatic heterocycles. The van der Waals surface area contributed by atoms with Crippen LogP contribution in [0.25, 0.3) is 0 Å². The van der Waals surface area contributed by atoms with Gasteiger partial charge >= 0.3 is 5.97 Å². The molecule has 0 aliphatic rings. The van der Waals surface area contributed by atoms with Crippen LogP contribution in [0.5, 0.6) is 0 Å². The molecule has 0 spiro atoms. The first-order valence-corrected chi connectivity index (χ1v) is 7.29. The smallest absolute Gasteiger partial charge is 0.311 e. The van der Waals surface area contributed by atoms with Crippen molar-refractivity contribution in [3.8, 4) is 0 Å². The second-order valence-corrected chi connectivity index (χ2v) is 5.38. The minimum Gasteiger partial charge on any atom is -0.481 e. The fourth-order valence-corrected chi connectivity index (χ4v) is 2.31. The number of aliphatic carboxylic acids is 1. The number of rotatable bonds is 6. The van der Waals surface area contributed by atoms with Crippen LogP contribution in [0, 0.1) is 12.8 Å². The molecule has 0 aliphatic carbocycles. The molecule has 3 N–H and O–H groups in total. The van der Waals surface area contributed by atoms with Gasteiger partial charge in [0.1, 0.15) is 5.92 Å². The van der Waals surface area contributed by atoms with E-state index in [1.807, 2.05) is 13.0 Å². The average Bonchev–Trinajstić information content (AvgIpc) is 2.55. The molecule has 0 saturated carbocycles. The van der Waals surface area contributed by atoms with Gasteiger partial charge in [0.2, 0.25) is 0 Å². The van der Waals surface area contributed by atoms with Crippen LogP contribution in [0.15, 0.2) is 54.6 Å². The molecule has 120 valence electrons. The molecule has 5 heteroatoms. The van der Waals surface area contributed by atoms with Crippen molar-refractivity contribution in [3.05, 3.63) is 71.3 Å². The first kappa shape index (κ1) is 16.7. The summed E-state index contributed by atoms with van der Waals surface area (Å²) in [7, 11) is 0. The number of carboxylic acid groups (broad SMARTS) is 1. The number of aliphatic hydroxyl groups excluding tert-OH is 1. The van der Waals surface area contributed by atoms with Crippen LogP contribution >= 0.6 is 0 Å². The van der Waals surface area contributed by atoms with Crippen LogP contribution < -0.4 is 5.32 Å². The Morgan fingerprint density at radius 2 is 1.78 bits per heavy atom. The van der Waals surface area contributed by atoms with E-state index in [1.165, 1.54) is 0 Å².